The van der Waals surface area contributed by atoms with Crippen LogP contribution in [-0.2, 0) is 0 Å². The molecule has 0 aliphatic heterocycles. The standard InChI is InChI=1S/C13H11N3.C2H4/c1-3-10-9(2)16-8-14-15-13(16)12-7-5-4-6-11(10)12;1-2/h3-8H,2H2,1H3;1-2H2/b10-3+;. The van der Waals surface area contributed by atoms with Crippen molar-refractivity contribution in [1.29, 1.82) is 0 Å². The van der Waals surface area contributed by atoms with E-state index in [-0.39, 0.29) is 0 Å². The summed E-state index contributed by atoms with van der Waals surface area (Å²) in [5.41, 5.74) is 0.867. The molecule has 3 rings (SSSR count). The van der Waals surface area contributed by atoms with E-state index in [4.69, 9.17) is 0 Å². The number of nitrogens with zero attached hydrogens (tertiary/aromatic N) is 3. The molecule has 2 heterocycles. The van der Waals surface area contributed by atoms with Crippen LogP contribution < -0.4 is 10.6 Å². The Balaban J connectivity index is 0.000000574. The lowest BCUT2D eigenvalue weighted by Crippen LogP contribution is -2.30. The van der Waals surface area contributed by atoms with E-state index in [1.807, 2.05) is 23.5 Å². The van der Waals surface area contributed by atoms with Crippen molar-refractivity contribution >= 4 is 29.1 Å². The van der Waals surface area contributed by atoms with E-state index in [0.29, 0.717) is 0 Å². The highest BCUT2D eigenvalue weighted by molar-refractivity contribution is 5.94. The van der Waals surface area contributed by atoms with Crippen molar-refractivity contribution in [3.05, 3.63) is 54.3 Å². The van der Waals surface area contributed by atoms with Gasteiger partial charge in [0.2, 0.25) is 0 Å². The van der Waals surface area contributed by atoms with Crippen LogP contribution in [0.4, 0.5) is 0 Å². The molecule has 0 saturated carbocycles. The fourth-order valence-corrected chi connectivity index (χ4v) is 2.14. The van der Waals surface area contributed by atoms with Gasteiger partial charge in [-0.15, -0.1) is 23.4 Å². The largest absolute Gasteiger partial charge is 0.282 e. The predicted octanol–water partition coefficient (Wildman–Crippen LogP) is 1.90. The van der Waals surface area contributed by atoms with Gasteiger partial charge in [-0.2, -0.15) is 0 Å². The van der Waals surface area contributed by atoms with Crippen LogP contribution in [0.2, 0.25) is 0 Å². The van der Waals surface area contributed by atoms with Crippen LogP contribution in [0.25, 0.3) is 29.1 Å². The van der Waals surface area contributed by atoms with E-state index in [1.54, 1.807) is 6.33 Å². The van der Waals surface area contributed by atoms with Crippen LogP contribution in [0.1, 0.15) is 6.92 Å². The molecule has 90 valence electrons. The minimum absolute atomic E-state index is 0.867. The molecule has 18 heavy (non-hydrogen) atoms. The summed E-state index contributed by atoms with van der Waals surface area (Å²) in [6, 6.07) is 8.20. The second-order valence-corrected chi connectivity index (χ2v) is 3.72. The summed E-state index contributed by atoms with van der Waals surface area (Å²) in [6.07, 6.45) is 3.78. The van der Waals surface area contributed by atoms with Crippen LogP contribution in [0, 0.1) is 0 Å². The number of fused-ring (bicyclic) bond motifs is 3. The third kappa shape index (κ3) is 1.61. The highest BCUT2D eigenvalue weighted by Gasteiger charge is 2.04. The number of benzene rings is 1. The fraction of sp³-hybridized carbons (Fsp3) is 0.0667. The van der Waals surface area contributed by atoms with Gasteiger partial charge >= 0.3 is 0 Å². The van der Waals surface area contributed by atoms with Crippen molar-refractivity contribution in [2.75, 3.05) is 0 Å². The van der Waals surface area contributed by atoms with Crippen molar-refractivity contribution in [3.63, 3.8) is 0 Å². The molecule has 3 heteroatoms. The SMILES string of the molecule is C=C.C=c1/c(=C\C)c2ccccc2c2nncn12. The van der Waals surface area contributed by atoms with Gasteiger partial charge in [0.1, 0.15) is 6.33 Å². The van der Waals surface area contributed by atoms with Gasteiger partial charge in [0.25, 0.3) is 0 Å². The molecule has 3 aromatic rings. The molecule has 0 fully saturated rings. The summed E-state index contributed by atoms with van der Waals surface area (Å²) in [7, 11) is 0. The molecule has 0 aliphatic rings. The zero-order valence-electron chi connectivity index (χ0n) is 10.4. The monoisotopic (exact) mass is 237 g/mol. The van der Waals surface area contributed by atoms with Crippen LogP contribution in [0.15, 0.2) is 43.8 Å². The van der Waals surface area contributed by atoms with Gasteiger partial charge < -0.3 is 0 Å². The Kier molecular flexibility index (Phi) is 3.24. The number of aromatic nitrogens is 3. The lowest BCUT2D eigenvalue weighted by Gasteiger charge is -2.02. The average molecular weight is 237 g/mol. The van der Waals surface area contributed by atoms with Gasteiger partial charge in [0, 0.05) is 16.0 Å². The Morgan fingerprint density at radius 3 is 2.50 bits per heavy atom. The summed E-state index contributed by atoms with van der Waals surface area (Å²) in [5.74, 6) is 0. The predicted molar refractivity (Wildman–Crippen MR) is 76.7 cm³/mol. The molecule has 0 aliphatic carbocycles. The summed E-state index contributed by atoms with van der Waals surface area (Å²) in [6.45, 7) is 12.1. The van der Waals surface area contributed by atoms with E-state index in [1.165, 1.54) is 5.39 Å². The van der Waals surface area contributed by atoms with Gasteiger partial charge in [0.15, 0.2) is 5.65 Å². The van der Waals surface area contributed by atoms with Crippen molar-refractivity contribution < 1.29 is 0 Å². The molecular weight excluding hydrogens is 222 g/mol. The van der Waals surface area contributed by atoms with Crippen molar-refractivity contribution in [2.24, 2.45) is 0 Å². The molecule has 3 nitrogen and oxygen atoms in total. The first-order chi connectivity index (χ1) is 8.83. The van der Waals surface area contributed by atoms with Crippen LogP contribution >= 0.6 is 0 Å². The highest BCUT2D eigenvalue weighted by Crippen LogP contribution is 2.12. The molecular formula is C15H15N3. The Morgan fingerprint density at radius 2 is 1.83 bits per heavy atom. The van der Waals surface area contributed by atoms with E-state index in [9.17, 15) is 0 Å². The third-order valence-electron chi connectivity index (χ3n) is 2.90. The Bertz CT molecular complexity index is 800. The number of hydrogen-bond donors (Lipinski definition) is 0. The minimum Gasteiger partial charge on any atom is -0.282 e. The Labute approximate surface area is 105 Å². The van der Waals surface area contributed by atoms with Gasteiger partial charge in [-0.25, -0.2) is 0 Å². The number of rotatable bonds is 0. The summed E-state index contributed by atoms with van der Waals surface area (Å²) in [4.78, 5) is 0. The van der Waals surface area contributed by atoms with Gasteiger partial charge in [-0.05, 0) is 12.3 Å². The summed E-state index contributed by atoms with van der Waals surface area (Å²) in [5, 5.41) is 12.5. The normalized spacial score (nSPS) is 11.5. The second-order valence-electron chi connectivity index (χ2n) is 3.72. The minimum atomic E-state index is 0.867. The average Bonchev–Trinajstić information content (AvgIpc) is 2.92. The topological polar surface area (TPSA) is 30.2 Å². The summed E-state index contributed by atoms with van der Waals surface area (Å²) < 4.78 is 1.93. The number of pyridine rings is 1. The van der Waals surface area contributed by atoms with Gasteiger partial charge in [-0.1, -0.05) is 36.9 Å². The maximum absolute atomic E-state index is 4.14. The van der Waals surface area contributed by atoms with Crippen molar-refractivity contribution in [2.45, 2.75) is 6.92 Å². The Hall–Kier alpha value is -2.42. The third-order valence-corrected chi connectivity index (χ3v) is 2.90. The first-order valence-corrected chi connectivity index (χ1v) is 5.68. The van der Waals surface area contributed by atoms with E-state index >= 15 is 0 Å². The van der Waals surface area contributed by atoms with E-state index in [0.717, 1.165) is 21.6 Å². The van der Waals surface area contributed by atoms with Crippen molar-refractivity contribution in [3.8, 4) is 0 Å². The molecule has 2 aromatic heterocycles. The second kappa shape index (κ2) is 4.84. The molecule has 0 spiro atoms. The fourth-order valence-electron chi connectivity index (χ4n) is 2.14. The first kappa shape index (κ1) is 12.0. The van der Waals surface area contributed by atoms with E-state index < -0.39 is 0 Å². The molecule has 1 aromatic carbocycles. The van der Waals surface area contributed by atoms with E-state index in [2.05, 4.69) is 48.1 Å². The molecule has 0 radical (unpaired) electrons. The molecule has 0 atom stereocenters. The zero-order valence-corrected chi connectivity index (χ0v) is 10.4. The zero-order chi connectivity index (χ0) is 13.1. The lowest BCUT2D eigenvalue weighted by molar-refractivity contribution is 1.08. The van der Waals surface area contributed by atoms with Crippen LogP contribution in [0.3, 0.4) is 0 Å². The lowest BCUT2D eigenvalue weighted by atomic mass is 10.1. The first-order valence-electron chi connectivity index (χ1n) is 5.68. The molecule has 0 saturated heterocycles. The molecule has 0 unspecified atom stereocenters. The number of hydrogen-bond acceptors (Lipinski definition) is 2. The molecule has 0 amide bonds. The van der Waals surface area contributed by atoms with Crippen LogP contribution in [-0.4, -0.2) is 14.6 Å². The molecule has 0 N–H and O–H groups in total. The van der Waals surface area contributed by atoms with Gasteiger partial charge in [-0.3, -0.25) is 4.40 Å². The maximum Gasteiger partial charge on any atom is 0.168 e. The maximum atomic E-state index is 4.14. The van der Waals surface area contributed by atoms with Crippen LogP contribution in [0.5, 0.6) is 0 Å². The Morgan fingerprint density at radius 1 is 1.17 bits per heavy atom. The van der Waals surface area contributed by atoms with Crippen molar-refractivity contribution in [1.82, 2.24) is 14.6 Å². The van der Waals surface area contributed by atoms with Gasteiger partial charge in [0.05, 0.1) is 0 Å². The highest BCUT2D eigenvalue weighted by atomic mass is 15.2. The quantitative estimate of drug-likeness (QED) is 0.559. The molecule has 0 bridgehead atoms. The summed E-state index contributed by atoms with van der Waals surface area (Å²) >= 11 is 0. The smallest absolute Gasteiger partial charge is 0.168 e.